The standard InChI is InChI=1S/C34H41N7O4/c1-21(36-20-30(42)41-15-7-8-27(41)19-35)18-34(33-38-37-22(2)45-33)28-13-11-25(31(43)39(3)4)16-23(28)9-10-24-17-26(12-14-29(24)34)32(44)40(5)6/h11-14,16-17,21,27,36H,7-10,15,18,20H2,1-6H3/t21-,27-/m0/s1. The van der Waals surface area contributed by atoms with E-state index in [9.17, 15) is 19.6 Å². The molecule has 2 aromatic carbocycles. The van der Waals surface area contributed by atoms with Crippen LogP contribution >= 0.6 is 0 Å². The number of nitrogens with zero attached hydrogens (tertiary/aromatic N) is 6. The second kappa shape index (κ2) is 12.8. The number of rotatable bonds is 8. The molecule has 3 aromatic rings. The highest BCUT2D eigenvalue weighted by molar-refractivity contribution is 5.95. The van der Waals surface area contributed by atoms with Gasteiger partial charge in [0, 0.05) is 58.8 Å². The largest absolute Gasteiger partial charge is 0.424 e. The smallest absolute Gasteiger partial charge is 0.253 e. The lowest BCUT2D eigenvalue weighted by Crippen LogP contribution is -2.45. The molecule has 45 heavy (non-hydrogen) atoms. The van der Waals surface area contributed by atoms with Crippen LogP contribution in [0.4, 0.5) is 0 Å². The summed E-state index contributed by atoms with van der Waals surface area (Å²) < 4.78 is 6.25. The molecule has 1 N–H and O–H groups in total. The maximum atomic E-state index is 13.1. The second-order valence-corrected chi connectivity index (χ2v) is 12.5. The van der Waals surface area contributed by atoms with Crippen molar-refractivity contribution in [2.24, 2.45) is 0 Å². The summed E-state index contributed by atoms with van der Waals surface area (Å²) in [6, 6.07) is 13.2. The Morgan fingerprint density at radius 1 is 1.02 bits per heavy atom. The van der Waals surface area contributed by atoms with Crippen LogP contribution in [0.25, 0.3) is 0 Å². The fourth-order valence-corrected chi connectivity index (χ4v) is 6.73. The van der Waals surface area contributed by atoms with E-state index in [0.717, 1.165) is 28.7 Å². The summed E-state index contributed by atoms with van der Waals surface area (Å²) in [6.07, 6.45) is 3.24. The molecule has 0 unspecified atom stereocenters. The van der Waals surface area contributed by atoms with Crippen LogP contribution in [0, 0.1) is 18.3 Å². The Morgan fingerprint density at radius 3 is 2.09 bits per heavy atom. The molecule has 1 saturated heterocycles. The van der Waals surface area contributed by atoms with Crippen molar-refractivity contribution >= 4 is 17.7 Å². The van der Waals surface area contributed by atoms with Crippen LogP contribution in [0.5, 0.6) is 0 Å². The van der Waals surface area contributed by atoms with Crippen LogP contribution in [0.2, 0.25) is 0 Å². The molecule has 11 heteroatoms. The van der Waals surface area contributed by atoms with Gasteiger partial charge in [-0.1, -0.05) is 12.1 Å². The first-order valence-electron chi connectivity index (χ1n) is 15.4. The number of nitrogens with one attached hydrogen (secondary N) is 1. The zero-order valence-corrected chi connectivity index (χ0v) is 26.9. The summed E-state index contributed by atoms with van der Waals surface area (Å²) in [7, 11) is 6.92. The Labute approximate surface area is 264 Å². The van der Waals surface area contributed by atoms with Gasteiger partial charge < -0.3 is 24.4 Å². The molecule has 1 aliphatic heterocycles. The summed E-state index contributed by atoms with van der Waals surface area (Å²) in [5.41, 5.74) is 4.06. The fraction of sp³-hybridized carbons (Fsp3) is 0.471. The minimum absolute atomic E-state index is 0.0878. The molecule has 1 aliphatic carbocycles. The Morgan fingerprint density at radius 2 is 1.60 bits per heavy atom. The van der Waals surface area contributed by atoms with Crippen LogP contribution in [-0.4, -0.2) is 96.0 Å². The average molecular weight is 612 g/mol. The van der Waals surface area contributed by atoms with Gasteiger partial charge in [-0.2, -0.15) is 5.26 Å². The van der Waals surface area contributed by atoms with Gasteiger partial charge in [0.1, 0.15) is 11.5 Å². The molecule has 2 aliphatic rings. The zero-order chi connectivity index (χ0) is 32.5. The van der Waals surface area contributed by atoms with E-state index in [1.54, 1.807) is 49.8 Å². The number of hydrogen-bond donors (Lipinski definition) is 1. The molecule has 2 atom stereocenters. The van der Waals surface area contributed by atoms with E-state index < -0.39 is 5.41 Å². The highest BCUT2D eigenvalue weighted by Crippen LogP contribution is 2.48. The van der Waals surface area contributed by atoms with E-state index in [4.69, 9.17) is 4.42 Å². The van der Waals surface area contributed by atoms with Crippen molar-refractivity contribution in [3.8, 4) is 6.07 Å². The van der Waals surface area contributed by atoms with Gasteiger partial charge in [0.25, 0.3) is 11.8 Å². The van der Waals surface area contributed by atoms with Crippen molar-refractivity contribution in [2.45, 2.75) is 63.5 Å². The highest BCUT2D eigenvalue weighted by Gasteiger charge is 2.47. The summed E-state index contributed by atoms with van der Waals surface area (Å²) in [6.45, 7) is 4.44. The molecule has 11 nitrogen and oxygen atoms in total. The molecule has 0 bridgehead atoms. The van der Waals surface area contributed by atoms with Crippen molar-refractivity contribution in [3.05, 3.63) is 81.6 Å². The van der Waals surface area contributed by atoms with E-state index in [1.807, 2.05) is 43.3 Å². The summed E-state index contributed by atoms with van der Waals surface area (Å²) in [5, 5.41) is 21.7. The predicted octanol–water partition coefficient (Wildman–Crippen LogP) is 3.10. The third kappa shape index (κ3) is 6.07. The van der Waals surface area contributed by atoms with Gasteiger partial charge in [-0.3, -0.25) is 14.4 Å². The Hall–Kier alpha value is -4.56. The number of hydrogen-bond acceptors (Lipinski definition) is 8. The maximum Gasteiger partial charge on any atom is 0.253 e. The lowest BCUT2D eigenvalue weighted by atomic mass is 9.68. The molecule has 3 amide bonds. The second-order valence-electron chi connectivity index (χ2n) is 12.5. The average Bonchev–Trinajstić information content (AvgIpc) is 3.67. The molecule has 0 spiro atoms. The maximum absolute atomic E-state index is 13.1. The number of aromatic nitrogens is 2. The van der Waals surface area contributed by atoms with Gasteiger partial charge in [-0.15, -0.1) is 10.2 Å². The number of nitriles is 1. The third-order valence-corrected chi connectivity index (χ3v) is 8.93. The molecule has 2 heterocycles. The Kier molecular flexibility index (Phi) is 9.07. The molecule has 5 rings (SSSR count). The van der Waals surface area contributed by atoms with Crippen molar-refractivity contribution in [2.75, 3.05) is 41.3 Å². The first-order valence-corrected chi connectivity index (χ1v) is 15.4. The number of amides is 3. The van der Waals surface area contributed by atoms with Crippen LogP contribution in [0.15, 0.2) is 40.8 Å². The normalized spacial score (nSPS) is 17.4. The number of carbonyl (C=O) groups is 3. The third-order valence-electron chi connectivity index (χ3n) is 8.93. The van der Waals surface area contributed by atoms with Gasteiger partial charge in [0.2, 0.25) is 17.7 Å². The van der Waals surface area contributed by atoms with Crippen molar-refractivity contribution in [3.63, 3.8) is 0 Å². The van der Waals surface area contributed by atoms with E-state index in [2.05, 4.69) is 21.6 Å². The number of likely N-dealkylation sites (tertiary alicyclic amines) is 1. The number of carbonyl (C=O) groups excluding carboxylic acids is 3. The minimum Gasteiger partial charge on any atom is -0.424 e. The van der Waals surface area contributed by atoms with Crippen LogP contribution in [-0.2, 0) is 23.1 Å². The monoisotopic (exact) mass is 611 g/mol. The molecule has 1 fully saturated rings. The molecule has 0 radical (unpaired) electrons. The van der Waals surface area contributed by atoms with Crippen LogP contribution in [0.3, 0.4) is 0 Å². The van der Waals surface area contributed by atoms with Gasteiger partial charge in [0.15, 0.2) is 0 Å². The van der Waals surface area contributed by atoms with Gasteiger partial charge >= 0.3 is 0 Å². The van der Waals surface area contributed by atoms with E-state index in [0.29, 0.717) is 55.1 Å². The van der Waals surface area contributed by atoms with Crippen molar-refractivity contribution in [1.82, 2.24) is 30.2 Å². The van der Waals surface area contributed by atoms with Gasteiger partial charge in [0.05, 0.1) is 12.6 Å². The van der Waals surface area contributed by atoms with E-state index in [1.165, 1.54) is 0 Å². The molecule has 0 saturated carbocycles. The number of benzene rings is 2. The van der Waals surface area contributed by atoms with Crippen molar-refractivity contribution in [1.29, 1.82) is 5.26 Å². The fourth-order valence-electron chi connectivity index (χ4n) is 6.73. The first kappa shape index (κ1) is 31.9. The minimum atomic E-state index is -0.944. The van der Waals surface area contributed by atoms with Gasteiger partial charge in [-0.25, -0.2) is 0 Å². The molecular formula is C34H41N7O4. The quantitative estimate of drug-likeness (QED) is 0.411. The summed E-state index contributed by atoms with van der Waals surface area (Å²) >= 11 is 0. The Balaban J connectivity index is 1.63. The van der Waals surface area contributed by atoms with E-state index >= 15 is 0 Å². The number of fused-ring (bicyclic) bond motifs is 2. The summed E-state index contributed by atoms with van der Waals surface area (Å²) in [5.74, 6) is 0.538. The lowest BCUT2D eigenvalue weighted by Gasteiger charge is -2.36. The Bertz CT molecular complexity index is 1580. The van der Waals surface area contributed by atoms with Crippen molar-refractivity contribution < 1.29 is 18.8 Å². The first-order chi connectivity index (χ1) is 21.5. The lowest BCUT2D eigenvalue weighted by molar-refractivity contribution is -0.130. The highest BCUT2D eigenvalue weighted by atomic mass is 16.4. The number of aryl methyl sites for hydroxylation is 3. The van der Waals surface area contributed by atoms with Gasteiger partial charge in [-0.05, 0) is 85.5 Å². The van der Waals surface area contributed by atoms with Crippen LogP contribution in [0.1, 0.15) is 80.9 Å². The topological polar surface area (TPSA) is 136 Å². The molecule has 1 aromatic heterocycles. The summed E-state index contributed by atoms with van der Waals surface area (Å²) in [4.78, 5) is 43.9. The van der Waals surface area contributed by atoms with E-state index in [-0.39, 0.29) is 36.3 Å². The predicted molar refractivity (Wildman–Crippen MR) is 168 cm³/mol. The van der Waals surface area contributed by atoms with Crippen LogP contribution < -0.4 is 5.32 Å². The molecular weight excluding hydrogens is 570 g/mol. The molecule has 236 valence electrons. The zero-order valence-electron chi connectivity index (χ0n) is 26.9. The SMILES string of the molecule is Cc1nnc(C2(C[C@H](C)NCC(=O)N3CCC[C@H]3C#N)c3ccc(C(=O)N(C)C)cc3CCc3cc(C(=O)N(C)C)ccc32)o1.